The van der Waals surface area contributed by atoms with Crippen LogP contribution in [0.3, 0.4) is 0 Å². The lowest BCUT2D eigenvalue weighted by molar-refractivity contribution is -0.143. The van der Waals surface area contributed by atoms with E-state index >= 15 is 0 Å². The van der Waals surface area contributed by atoms with Gasteiger partial charge >= 0.3 is 5.97 Å². The third kappa shape index (κ3) is 3.22. The Morgan fingerprint density at radius 1 is 1.15 bits per heavy atom. The van der Waals surface area contributed by atoms with Gasteiger partial charge in [-0.05, 0) is 55.8 Å². The lowest BCUT2D eigenvalue weighted by Gasteiger charge is -2.30. The van der Waals surface area contributed by atoms with Gasteiger partial charge in [-0.25, -0.2) is 4.39 Å². The number of piperidine rings is 1. The van der Waals surface area contributed by atoms with Crippen molar-refractivity contribution in [1.82, 2.24) is 9.47 Å². The molecular weight excluding hydrogens is 331 g/mol. The van der Waals surface area contributed by atoms with E-state index in [0.29, 0.717) is 13.1 Å². The molecule has 0 spiro atoms. The summed E-state index contributed by atoms with van der Waals surface area (Å²) >= 11 is 0. The summed E-state index contributed by atoms with van der Waals surface area (Å²) in [4.78, 5) is 13.6. The van der Waals surface area contributed by atoms with Crippen LogP contribution in [0.4, 0.5) is 4.39 Å². The van der Waals surface area contributed by atoms with Crippen LogP contribution in [0, 0.1) is 11.7 Å². The third-order valence-electron chi connectivity index (χ3n) is 5.11. The van der Waals surface area contributed by atoms with Crippen LogP contribution in [-0.2, 0) is 11.3 Å². The lowest BCUT2D eigenvalue weighted by Crippen LogP contribution is -2.38. The Morgan fingerprint density at radius 3 is 2.69 bits per heavy atom. The van der Waals surface area contributed by atoms with Gasteiger partial charge in [-0.2, -0.15) is 0 Å². The fourth-order valence-electron chi connectivity index (χ4n) is 3.85. The Labute approximate surface area is 151 Å². The van der Waals surface area contributed by atoms with Gasteiger partial charge in [-0.1, -0.05) is 18.2 Å². The number of carbonyl (C=O) groups is 1. The fourth-order valence-corrected chi connectivity index (χ4v) is 3.85. The lowest BCUT2D eigenvalue weighted by atomic mass is 9.98. The standard InChI is InChI=1S/C21H21FN2O2/c22-17-7-9-18(10-8-17)24-19(12-15-4-1-2-6-20(15)24)14-23-11-3-5-16(13-23)21(25)26/h1-2,4,6-10,12,16H,3,5,11,13-14H2,(H,25,26). The molecule has 1 fully saturated rings. The van der Waals surface area contributed by atoms with E-state index < -0.39 is 5.97 Å². The number of halogens is 1. The van der Waals surface area contributed by atoms with Gasteiger partial charge in [0.15, 0.2) is 0 Å². The summed E-state index contributed by atoms with van der Waals surface area (Å²) in [6.45, 7) is 2.14. The molecule has 0 radical (unpaired) electrons. The van der Waals surface area contributed by atoms with Gasteiger partial charge in [0, 0.05) is 29.9 Å². The SMILES string of the molecule is O=C(O)C1CCCN(Cc2cc3ccccc3n2-c2ccc(F)cc2)C1. The normalized spacial score (nSPS) is 18.3. The minimum absolute atomic E-state index is 0.257. The molecule has 1 aromatic heterocycles. The van der Waals surface area contributed by atoms with Gasteiger partial charge in [-0.3, -0.25) is 9.69 Å². The van der Waals surface area contributed by atoms with Crippen molar-refractivity contribution in [2.45, 2.75) is 19.4 Å². The molecule has 1 atom stereocenters. The van der Waals surface area contributed by atoms with Crippen molar-refractivity contribution in [1.29, 1.82) is 0 Å². The van der Waals surface area contributed by atoms with E-state index in [1.54, 1.807) is 12.1 Å². The maximum Gasteiger partial charge on any atom is 0.307 e. The van der Waals surface area contributed by atoms with Crippen LogP contribution in [0.1, 0.15) is 18.5 Å². The minimum Gasteiger partial charge on any atom is -0.481 e. The first-order chi connectivity index (χ1) is 12.6. The highest BCUT2D eigenvalue weighted by Gasteiger charge is 2.26. The first-order valence-electron chi connectivity index (χ1n) is 8.92. The number of nitrogens with zero attached hydrogens (tertiary/aromatic N) is 2. The van der Waals surface area contributed by atoms with Crippen LogP contribution >= 0.6 is 0 Å². The van der Waals surface area contributed by atoms with Crippen LogP contribution in [0.5, 0.6) is 0 Å². The monoisotopic (exact) mass is 352 g/mol. The van der Waals surface area contributed by atoms with E-state index in [2.05, 4.69) is 27.7 Å². The van der Waals surface area contributed by atoms with Crippen LogP contribution in [0.15, 0.2) is 54.6 Å². The molecule has 0 amide bonds. The second-order valence-electron chi connectivity index (χ2n) is 6.92. The van der Waals surface area contributed by atoms with Gasteiger partial charge in [0.05, 0.1) is 11.4 Å². The zero-order chi connectivity index (χ0) is 18.1. The first-order valence-corrected chi connectivity index (χ1v) is 8.92. The van der Waals surface area contributed by atoms with Crippen molar-refractivity contribution in [2.24, 2.45) is 5.92 Å². The molecule has 1 N–H and O–H groups in total. The molecular formula is C21H21FN2O2. The smallest absolute Gasteiger partial charge is 0.307 e. The molecule has 1 aliphatic rings. The molecule has 2 aromatic carbocycles. The fraction of sp³-hybridized carbons (Fsp3) is 0.286. The number of hydrogen-bond acceptors (Lipinski definition) is 2. The largest absolute Gasteiger partial charge is 0.481 e. The van der Waals surface area contributed by atoms with Crippen LogP contribution in [0.25, 0.3) is 16.6 Å². The zero-order valence-corrected chi connectivity index (χ0v) is 14.4. The number of likely N-dealkylation sites (tertiary alicyclic amines) is 1. The Kier molecular flexibility index (Phi) is 4.47. The van der Waals surface area contributed by atoms with Crippen molar-refractivity contribution in [3.8, 4) is 5.69 Å². The number of rotatable bonds is 4. The third-order valence-corrected chi connectivity index (χ3v) is 5.11. The van der Waals surface area contributed by atoms with Crippen molar-refractivity contribution >= 4 is 16.9 Å². The first kappa shape index (κ1) is 16.8. The molecule has 3 aromatic rings. The van der Waals surface area contributed by atoms with Crippen molar-refractivity contribution in [3.63, 3.8) is 0 Å². The predicted octanol–water partition coefficient (Wildman–Crippen LogP) is 4.07. The maximum atomic E-state index is 13.4. The number of aromatic nitrogens is 1. The predicted molar refractivity (Wildman–Crippen MR) is 98.9 cm³/mol. The molecule has 26 heavy (non-hydrogen) atoms. The topological polar surface area (TPSA) is 45.5 Å². The summed E-state index contributed by atoms with van der Waals surface area (Å²) in [7, 11) is 0. The molecule has 0 saturated carbocycles. The van der Waals surface area contributed by atoms with Gasteiger partial charge in [0.1, 0.15) is 5.82 Å². The van der Waals surface area contributed by atoms with Gasteiger partial charge in [0.25, 0.3) is 0 Å². The Balaban J connectivity index is 1.71. The number of para-hydroxylation sites is 1. The van der Waals surface area contributed by atoms with Crippen LogP contribution in [0.2, 0.25) is 0 Å². The average Bonchev–Trinajstić information content (AvgIpc) is 3.00. The number of hydrogen-bond donors (Lipinski definition) is 1. The summed E-state index contributed by atoms with van der Waals surface area (Å²) in [5.41, 5.74) is 3.07. The molecule has 0 aliphatic carbocycles. The Morgan fingerprint density at radius 2 is 1.92 bits per heavy atom. The quantitative estimate of drug-likeness (QED) is 0.770. The van der Waals surface area contributed by atoms with Crippen molar-refractivity contribution in [3.05, 3.63) is 66.1 Å². The minimum atomic E-state index is -0.714. The zero-order valence-electron chi connectivity index (χ0n) is 14.4. The highest BCUT2D eigenvalue weighted by atomic mass is 19.1. The van der Waals surface area contributed by atoms with E-state index in [9.17, 15) is 14.3 Å². The molecule has 4 nitrogen and oxygen atoms in total. The summed E-state index contributed by atoms with van der Waals surface area (Å²) < 4.78 is 15.5. The van der Waals surface area contributed by atoms with E-state index in [1.807, 2.05) is 12.1 Å². The highest BCUT2D eigenvalue weighted by Crippen LogP contribution is 2.27. The second-order valence-corrected chi connectivity index (χ2v) is 6.92. The van der Waals surface area contributed by atoms with Crippen LogP contribution in [-0.4, -0.2) is 33.6 Å². The number of benzene rings is 2. The van der Waals surface area contributed by atoms with Gasteiger partial charge < -0.3 is 9.67 Å². The van der Waals surface area contributed by atoms with Gasteiger partial charge in [-0.15, -0.1) is 0 Å². The maximum absolute atomic E-state index is 13.4. The molecule has 134 valence electrons. The van der Waals surface area contributed by atoms with Crippen LogP contribution < -0.4 is 0 Å². The summed E-state index contributed by atoms with van der Waals surface area (Å²) in [6, 6.07) is 16.8. The Hall–Kier alpha value is -2.66. The molecule has 0 bridgehead atoms. The summed E-state index contributed by atoms with van der Waals surface area (Å²) in [5, 5.41) is 10.5. The van der Waals surface area contributed by atoms with Gasteiger partial charge in [0.2, 0.25) is 0 Å². The molecule has 2 heterocycles. The number of aliphatic carboxylic acids is 1. The second kappa shape index (κ2) is 6.92. The van der Waals surface area contributed by atoms with Crippen molar-refractivity contribution < 1.29 is 14.3 Å². The molecule has 1 unspecified atom stereocenters. The highest BCUT2D eigenvalue weighted by molar-refractivity contribution is 5.83. The van der Waals surface area contributed by atoms with E-state index in [0.717, 1.165) is 41.7 Å². The molecule has 4 rings (SSSR count). The van der Waals surface area contributed by atoms with Crippen molar-refractivity contribution in [2.75, 3.05) is 13.1 Å². The van der Waals surface area contributed by atoms with E-state index in [1.165, 1.54) is 12.1 Å². The molecule has 5 heteroatoms. The number of carboxylic acids is 1. The average molecular weight is 352 g/mol. The number of fused-ring (bicyclic) bond motifs is 1. The molecule has 1 saturated heterocycles. The summed E-state index contributed by atoms with van der Waals surface area (Å²) in [6.07, 6.45) is 1.64. The molecule has 1 aliphatic heterocycles. The van der Waals surface area contributed by atoms with E-state index in [4.69, 9.17) is 0 Å². The Bertz CT molecular complexity index is 933. The summed E-state index contributed by atoms with van der Waals surface area (Å²) in [5.74, 6) is -1.27. The number of carboxylic acid groups (broad SMARTS) is 1. The van der Waals surface area contributed by atoms with E-state index in [-0.39, 0.29) is 11.7 Å².